The number of amidine groups is 1. The first kappa shape index (κ1) is 11.1. The summed E-state index contributed by atoms with van der Waals surface area (Å²) in [5.41, 5.74) is 1.89. The van der Waals surface area contributed by atoms with Gasteiger partial charge in [-0.05, 0) is 24.5 Å². The summed E-state index contributed by atoms with van der Waals surface area (Å²) in [4.78, 5) is 4.34. The molecule has 0 aromatic heterocycles. The first-order valence-electron chi connectivity index (χ1n) is 5.49. The summed E-state index contributed by atoms with van der Waals surface area (Å²) < 4.78 is 13.2. The van der Waals surface area contributed by atoms with Crippen LogP contribution in [0.1, 0.15) is 39.3 Å². The molecule has 1 heterocycles. The topological polar surface area (TPSA) is 24.4 Å². The first-order chi connectivity index (χ1) is 7.38. The van der Waals surface area contributed by atoms with E-state index in [1.54, 1.807) is 0 Å². The maximum absolute atomic E-state index is 13.2. The largest absolute Gasteiger partial charge is 0.366 e. The summed E-state index contributed by atoms with van der Waals surface area (Å²) in [6, 6.07) is 5.00. The summed E-state index contributed by atoms with van der Waals surface area (Å²) in [5.74, 6) is 0.614. The van der Waals surface area contributed by atoms with Crippen LogP contribution in [0.15, 0.2) is 23.2 Å². The van der Waals surface area contributed by atoms with Crippen LogP contribution in [0, 0.1) is 11.2 Å². The molecular formula is C13H17FN2. The number of nitrogens with one attached hydrogen (secondary N) is 1. The van der Waals surface area contributed by atoms with E-state index >= 15 is 0 Å². The Kier molecular flexibility index (Phi) is 2.49. The Morgan fingerprint density at radius 1 is 1.31 bits per heavy atom. The lowest BCUT2D eigenvalue weighted by molar-refractivity contribution is 0.300. The second-order valence-electron chi connectivity index (χ2n) is 5.34. The molecule has 0 spiro atoms. The van der Waals surface area contributed by atoms with Crippen molar-refractivity contribution < 1.29 is 4.39 Å². The molecule has 86 valence electrons. The van der Waals surface area contributed by atoms with E-state index in [1.165, 1.54) is 12.1 Å². The van der Waals surface area contributed by atoms with Crippen LogP contribution in [0.2, 0.25) is 0 Å². The molecule has 0 saturated heterocycles. The molecule has 0 bridgehead atoms. The van der Waals surface area contributed by atoms with Crippen molar-refractivity contribution in [3.8, 4) is 0 Å². The van der Waals surface area contributed by atoms with E-state index in [1.807, 2.05) is 13.0 Å². The minimum Gasteiger partial charge on any atom is -0.366 e. The van der Waals surface area contributed by atoms with Gasteiger partial charge >= 0.3 is 0 Å². The summed E-state index contributed by atoms with van der Waals surface area (Å²) >= 11 is 0. The van der Waals surface area contributed by atoms with E-state index in [9.17, 15) is 4.39 Å². The molecule has 1 aromatic carbocycles. The van der Waals surface area contributed by atoms with Gasteiger partial charge in [0.25, 0.3) is 0 Å². The second-order valence-corrected chi connectivity index (χ2v) is 5.34. The van der Waals surface area contributed by atoms with Crippen LogP contribution in [-0.4, -0.2) is 5.84 Å². The van der Waals surface area contributed by atoms with Crippen molar-refractivity contribution in [3.63, 3.8) is 0 Å². The predicted octanol–water partition coefficient (Wildman–Crippen LogP) is 3.57. The second kappa shape index (κ2) is 3.58. The van der Waals surface area contributed by atoms with E-state index in [0.717, 1.165) is 17.1 Å². The fourth-order valence-electron chi connectivity index (χ4n) is 2.04. The Balaban J connectivity index is 2.54. The van der Waals surface area contributed by atoms with Gasteiger partial charge in [-0.3, -0.25) is 0 Å². The van der Waals surface area contributed by atoms with Gasteiger partial charge in [0.05, 0.1) is 17.6 Å². The van der Waals surface area contributed by atoms with E-state index in [2.05, 4.69) is 31.1 Å². The van der Waals surface area contributed by atoms with Crippen LogP contribution >= 0.6 is 0 Å². The Bertz CT molecular complexity index is 444. The molecule has 2 rings (SSSR count). The summed E-state index contributed by atoms with van der Waals surface area (Å²) in [6.07, 6.45) is 0. The average Bonchev–Trinajstić information content (AvgIpc) is 2.14. The first-order valence-corrected chi connectivity index (χ1v) is 5.49. The smallest absolute Gasteiger partial charge is 0.125 e. The summed E-state index contributed by atoms with van der Waals surface area (Å²) in [5, 5.41) is 3.36. The fraction of sp³-hybridized carbons (Fsp3) is 0.462. The van der Waals surface area contributed by atoms with E-state index in [4.69, 9.17) is 0 Å². The number of rotatable bonds is 0. The molecule has 1 unspecified atom stereocenters. The zero-order chi connectivity index (χ0) is 11.9. The van der Waals surface area contributed by atoms with E-state index < -0.39 is 0 Å². The molecule has 1 aliphatic rings. The highest BCUT2D eigenvalue weighted by Gasteiger charge is 2.30. The molecule has 1 atom stereocenters. The maximum Gasteiger partial charge on any atom is 0.125 e. The molecule has 0 saturated carbocycles. The number of aliphatic imine (C=N–C) groups is 1. The van der Waals surface area contributed by atoms with Crippen LogP contribution in [0.4, 0.5) is 10.1 Å². The standard InChI is InChI=1S/C13H17FN2/c1-8-15-11-7-9(14)5-6-10(11)12(16-8)13(2,3)4/h5-7,12H,1-4H3,(H,15,16). The lowest BCUT2D eigenvalue weighted by atomic mass is 9.81. The molecule has 1 aromatic rings. The molecule has 0 fully saturated rings. The van der Waals surface area contributed by atoms with Crippen molar-refractivity contribution in [1.29, 1.82) is 0 Å². The van der Waals surface area contributed by atoms with Crippen LogP contribution in [0.25, 0.3) is 0 Å². The van der Waals surface area contributed by atoms with E-state index in [0.29, 0.717) is 0 Å². The zero-order valence-electron chi connectivity index (χ0n) is 10.1. The molecule has 0 aliphatic carbocycles. The molecule has 16 heavy (non-hydrogen) atoms. The Labute approximate surface area is 95.6 Å². The Hall–Kier alpha value is -1.38. The van der Waals surface area contributed by atoms with Crippen LogP contribution in [0.3, 0.4) is 0 Å². The maximum atomic E-state index is 13.2. The highest BCUT2D eigenvalue weighted by molar-refractivity contribution is 5.85. The SMILES string of the molecule is CC1=Nc2cc(F)ccc2C(C(C)(C)C)N1. The quantitative estimate of drug-likeness (QED) is 0.710. The van der Waals surface area contributed by atoms with Crippen molar-refractivity contribution in [2.24, 2.45) is 10.4 Å². The monoisotopic (exact) mass is 220 g/mol. The molecular weight excluding hydrogens is 203 g/mol. The predicted molar refractivity (Wildman–Crippen MR) is 64.5 cm³/mol. The number of hydrogen-bond acceptors (Lipinski definition) is 2. The van der Waals surface area contributed by atoms with Crippen molar-refractivity contribution in [3.05, 3.63) is 29.6 Å². The third-order valence-corrected chi connectivity index (χ3v) is 2.81. The highest BCUT2D eigenvalue weighted by atomic mass is 19.1. The van der Waals surface area contributed by atoms with Gasteiger partial charge in [-0.25, -0.2) is 9.38 Å². The Morgan fingerprint density at radius 3 is 2.62 bits per heavy atom. The van der Waals surface area contributed by atoms with Crippen LogP contribution < -0.4 is 5.32 Å². The number of fused-ring (bicyclic) bond motifs is 1. The molecule has 0 amide bonds. The number of benzene rings is 1. The lowest BCUT2D eigenvalue weighted by Gasteiger charge is -2.35. The third-order valence-electron chi connectivity index (χ3n) is 2.81. The van der Waals surface area contributed by atoms with Gasteiger partial charge in [0.15, 0.2) is 0 Å². The average molecular weight is 220 g/mol. The van der Waals surface area contributed by atoms with Crippen LogP contribution in [0.5, 0.6) is 0 Å². The van der Waals surface area contributed by atoms with E-state index in [-0.39, 0.29) is 17.3 Å². The van der Waals surface area contributed by atoms with Crippen molar-refractivity contribution in [2.45, 2.75) is 33.7 Å². The van der Waals surface area contributed by atoms with Gasteiger partial charge in [-0.15, -0.1) is 0 Å². The van der Waals surface area contributed by atoms with Crippen molar-refractivity contribution in [1.82, 2.24) is 5.32 Å². The highest BCUT2D eigenvalue weighted by Crippen LogP contribution is 2.39. The van der Waals surface area contributed by atoms with Gasteiger partial charge in [-0.1, -0.05) is 26.8 Å². The minimum absolute atomic E-state index is 0.0732. The van der Waals surface area contributed by atoms with Gasteiger partial charge in [0.2, 0.25) is 0 Å². The zero-order valence-corrected chi connectivity index (χ0v) is 10.1. The minimum atomic E-state index is -0.232. The summed E-state index contributed by atoms with van der Waals surface area (Å²) in [6.45, 7) is 8.40. The fourth-order valence-corrected chi connectivity index (χ4v) is 2.04. The number of nitrogens with zero attached hydrogens (tertiary/aromatic N) is 1. The van der Waals surface area contributed by atoms with Gasteiger partial charge in [0, 0.05) is 5.56 Å². The van der Waals surface area contributed by atoms with Gasteiger partial charge in [0.1, 0.15) is 5.82 Å². The third kappa shape index (κ3) is 1.94. The molecule has 3 heteroatoms. The molecule has 2 nitrogen and oxygen atoms in total. The van der Waals surface area contributed by atoms with Gasteiger partial charge < -0.3 is 5.32 Å². The van der Waals surface area contributed by atoms with Crippen molar-refractivity contribution >= 4 is 11.5 Å². The van der Waals surface area contributed by atoms with Gasteiger partial charge in [-0.2, -0.15) is 0 Å². The molecule has 1 N–H and O–H groups in total. The van der Waals surface area contributed by atoms with Crippen LogP contribution in [-0.2, 0) is 0 Å². The molecule has 0 radical (unpaired) electrons. The lowest BCUT2D eigenvalue weighted by Crippen LogP contribution is -2.37. The number of hydrogen-bond donors (Lipinski definition) is 1. The van der Waals surface area contributed by atoms with Crippen molar-refractivity contribution in [2.75, 3.05) is 0 Å². The molecule has 1 aliphatic heterocycles. The normalized spacial score (nSPS) is 19.8. The summed E-state index contributed by atoms with van der Waals surface area (Å²) in [7, 11) is 0. The Morgan fingerprint density at radius 2 is 2.00 bits per heavy atom. The number of halogens is 1.